The fourth-order valence-electron chi connectivity index (χ4n) is 6.45. The van der Waals surface area contributed by atoms with E-state index in [0.29, 0.717) is 29.5 Å². The minimum atomic E-state index is 0. The molecule has 0 aliphatic carbocycles. The van der Waals surface area contributed by atoms with E-state index < -0.39 is 0 Å². The number of anilines is 2. The predicted molar refractivity (Wildman–Crippen MR) is 203 cm³/mol. The molecule has 2 aromatic heterocycles. The number of hydrogen-bond donors (Lipinski definition) is 0. The van der Waals surface area contributed by atoms with Gasteiger partial charge in [0, 0.05) is 16.8 Å². The second-order valence-corrected chi connectivity index (χ2v) is 13.8. The molecule has 0 unspecified atom stereocenters. The van der Waals surface area contributed by atoms with Crippen LogP contribution in [0.3, 0.4) is 0 Å². The molecule has 4 aromatic carbocycles. The Bertz CT molecular complexity index is 1900. The van der Waals surface area contributed by atoms with Gasteiger partial charge in [-0.05, 0) is 87.3 Å². The summed E-state index contributed by atoms with van der Waals surface area (Å²) in [5, 5.41) is 1.13. The summed E-state index contributed by atoms with van der Waals surface area (Å²) in [5.41, 5.74) is 11.9. The number of rotatable bonds is 7. The van der Waals surface area contributed by atoms with E-state index in [0.717, 1.165) is 27.6 Å². The molecule has 1 radical (unpaired) electrons. The van der Waals surface area contributed by atoms with E-state index in [1.807, 2.05) is 48.5 Å². The van der Waals surface area contributed by atoms with Crippen LogP contribution < -0.4 is 14.8 Å². The summed E-state index contributed by atoms with van der Waals surface area (Å²) in [6.07, 6.45) is 4.43. The Hall–Kier alpha value is -4.38. The SMILES string of the molecule is CC(C)c1cccc(C(C)C)c1N1C=CN(c2c(C(C)C)cccc2C(C)C)[CH-]1.[Cu+2].c1ccc2nc(-c3nc4ccccc4[n-]3)ccc2c1. The molecule has 3 heterocycles. The predicted octanol–water partition coefficient (Wildman–Crippen LogP) is 11.5. The zero-order valence-electron chi connectivity index (χ0n) is 29.8. The van der Waals surface area contributed by atoms with E-state index in [9.17, 15) is 0 Å². The average molecular weight is 697 g/mol. The van der Waals surface area contributed by atoms with E-state index in [-0.39, 0.29) is 17.1 Å². The van der Waals surface area contributed by atoms with Crippen LogP contribution in [-0.2, 0) is 17.1 Å². The third-order valence-corrected chi connectivity index (χ3v) is 9.00. The largest absolute Gasteiger partial charge is 2.00 e. The summed E-state index contributed by atoms with van der Waals surface area (Å²) in [5.74, 6) is 2.61. The van der Waals surface area contributed by atoms with Gasteiger partial charge in [0.1, 0.15) is 0 Å². The molecule has 0 saturated carbocycles. The maximum absolute atomic E-state index is 4.62. The molecule has 0 spiro atoms. The van der Waals surface area contributed by atoms with Crippen LogP contribution >= 0.6 is 0 Å². The van der Waals surface area contributed by atoms with E-state index in [4.69, 9.17) is 0 Å². The maximum Gasteiger partial charge on any atom is 2.00 e. The molecule has 255 valence electrons. The van der Waals surface area contributed by atoms with Gasteiger partial charge in [-0.15, -0.1) is 6.67 Å². The number of aromatic nitrogens is 3. The number of pyridine rings is 1. The molecular weight excluding hydrogens is 650 g/mol. The smallest absolute Gasteiger partial charge is 0.479 e. The Morgan fingerprint density at radius 3 is 1.47 bits per heavy atom. The monoisotopic (exact) mass is 696 g/mol. The van der Waals surface area contributed by atoms with Gasteiger partial charge in [0.05, 0.1) is 11.2 Å². The van der Waals surface area contributed by atoms with Crippen LogP contribution in [0, 0.1) is 6.67 Å². The Labute approximate surface area is 303 Å². The molecule has 6 heteroatoms. The van der Waals surface area contributed by atoms with Crippen molar-refractivity contribution in [3.8, 4) is 11.5 Å². The van der Waals surface area contributed by atoms with Crippen molar-refractivity contribution in [2.45, 2.75) is 79.1 Å². The topological polar surface area (TPSA) is 46.4 Å². The van der Waals surface area contributed by atoms with Gasteiger partial charge in [0.25, 0.3) is 0 Å². The van der Waals surface area contributed by atoms with Crippen molar-refractivity contribution in [2.75, 3.05) is 9.80 Å². The van der Waals surface area contributed by atoms with Crippen LogP contribution in [0.15, 0.2) is 109 Å². The van der Waals surface area contributed by atoms with Gasteiger partial charge in [-0.25, -0.2) is 4.98 Å². The first kappa shape index (κ1) is 35.9. The van der Waals surface area contributed by atoms with Gasteiger partial charge in [-0.2, -0.15) is 0 Å². The molecule has 0 N–H and O–H groups in total. The first-order chi connectivity index (χ1) is 23.1. The van der Waals surface area contributed by atoms with Crippen LogP contribution in [0.5, 0.6) is 0 Å². The van der Waals surface area contributed by atoms with Crippen LogP contribution in [-0.4, -0.2) is 9.97 Å². The molecule has 6 aromatic rings. The third-order valence-electron chi connectivity index (χ3n) is 9.00. The fraction of sp³-hybridized carbons (Fsp3) is 0.279. The number of hydrogen-bond acceptors (Lipinski definition) is 4. The standard InChI is InChI=1S/C27H37N2.C16H10N3.Cu/c1-18(2)22-11-9-12-23(19(3)4)26(22)28-15-16-29(17-28)27-24(20(5)6)13-10-14-25(27)21(7)8;1-2-6-12-11(5-1)9-10-15(17-12)16-18-13-7-3-4-8-14(13)19-16;/h9-21H,1-8H3;1-10H;/q2*-1;+2. The summed E-state index contributed by atoms with van der Waals surface area (Å²) >= 11 is 0. The molecule has 0 bridgehead atoms. The van der Waals surface area contributed by atoms with Crippen LogP contribution in [0.2, 0.25) is 0 Å². The van der Waals surface area contributed by atoms with Crippen molar-refractivity contribution in [1.29, 1.82) is 0 Å². The minimum absolute atomic E-state index is 0. The van der Waals surface area contributed by atoms with Crippen molar-refractivity contribution in [2.24, 2.45) is 0 Å². The van der Waals surface area contributed by atoms with Crippen molar-refractivity contribution in [1.82, 2.24) is 15.0 Å². The summed E-state index contributed by atoms with van der Waals surface area (Å²) in [6, 6.07) is 33.4. The first-order valence-electron chi connectivity index (χ1n) is 17.2. The third kappa shape index (κ3) is 7.61. The van der Waals surface area contributed by atoms with Crippen molar-refractivity contribution >= 4 is 33.3 Å². The molecule has 5 nitrogen and oxygen atoms in total. The molecule has 0 atom stereocenters. The molecule has 49 heavy (non-hydrogen) atoms. The van der Waals surface area contributed by atoms with Gasteiger partial charge in [0.15, 0.2) is 0 Å². The first-order valence-corrected chi connectivity index (χ1v) is 17.2. The molecule has 0 amide bonds. The summed E-state index contributed by atoms with van der Waals surface area (Å²) in [4.78, 5) is 18.3. The van der Waals surface area contributed by atoms with Gasteiger partial charge in [-0.1, -0.05) is 140 Å². The number of benzene rings is 4. The maximum atomic E-state index is 4.62. The summed E-state index contributed by atoms with van der Waals surface area (Å²) in [6.45, 7) is 20.5. The van der Waals surface area contributed by atoms with Gasteiger partial charge in [0.2, 0.25) is 0 Å². The number of fused-ring (bicyclic) bond motifs is 2. The van der Waals surface area contributed by atoms with Crippen LogP contribution in [0.25, 0.3) is 33.5 Å². The van der Waals surface area contributed by atoms with Crippen LogP contribution in [0.4, 0.5) is 11.4 Å². The minimum Gasteiger partial charge on any atom is -0.479 e. The van der Waals surface area contributed by atoms with Crippen molar-refractivity contribution < 1.29 is 17.1 Å². The zero-order valence-corrected chi connectivity index (χ0v) is 30.8. The average Bonchev–Trinajstić information content (AvgIpc) is 3.75. The summed E-state index contributed by atoms with van der Waals surface area (Å²) in [7, 11) is 0. The van der Waals surface area contributed by atoms with E-state index in [2.05, 4.69) is 148 Å². The second kappa shape index (κ2) is 15.4. The molecular formula is C43H47CuN5. The number of nitrogens with zero attached hydrogens (tertiary/aromatic N) is 5. The van der Waals surface area contributed by atoms with Gasteiger partial charge in [-0.3, -0.25) is 0 Å². The second-order valence-electron chi connectivity index (χ2n) is 13.8. The molecule has 0 saturated heterocycles. The molecule has 0 fully saturated rings. The van der Waals surface area contributed by atoms with Crippen molar-refractivity contribution in [3.05, 3.63) is 138 Å². The van der Waals surface area contributed by atoms with Crippen molar-refractivity contribution in [3.63, 3.8) is 0 Å². The van der Waals surface area contributed by atoms with Crippen LogP contribution in [0.1, 0.15) is 101 Å². The normalized spacial score (nSPS) is 12.8. The van der Waals surface area contributed by atoms with E-state index in [1.54, 1.807) is 0 Å². The fourth-order valence-corrected chi connectivity index (χ4v) is 6.45. The molecule has 1 aliphatic heterocycles. The van der Waals surface area contributed by atoms with E-state index >= 15 is 0 Å². The van der Waals surface area contributed by atoms with E-state index in [1.165, 1.54) is 33.6 Å². The Balaban J connectivity index is 0.000000202. The molecule has 1 aliphatic rings. The number of para-hydroxylation sites is 5. The van der Waals surface area contributed by atoms with Gasteiger partial charge < -0.3 is 19.8 Å². The quantitative estimate of drug-likeness (QED) is 0.123. The Morgan fingerprint density at radius 1 is 0.510 bits per heavy atom. The zero-order chi connectivity index (χ0) is 33.9. The molecule has 7 rings (SSSR count). The Kier molecular flexibility index (Phi) is 11.3. The summed E-state index contributed by atoms with van der Waals surface area (Å²) < 4.78 is 0. The number of imidazole rings is 1. The Morgan fingerprint density at radius 2 is 0.980 bits per heavy atom. The van der Waals surface area contributed by atoms with Gasteiger partial charge >= 0.3 is 17.1 Å².